The highest BCUT2D eigenvalue weighted by atomic mass is 19.1. The van der Waals surface area contributed by atoms with Crippen molar-refractivity contribution in [1.82, 2.24) is 14.8 Å². The van der Waals surface area contributed by atoms with Crippen LogP contribution in [0.1, 0.15) is 10.4 Å². The van der Waals surface area contributed by atoms with Crippen molar-refractivity contribution in [3.8, 4) is 28.3 Å². The van der Waals surface area contributed by atoms with Gasteiger partial charge < -0.3 is 30.2 Å². The Morgan fingerprint density at radius 2 is 1.83 bits per heavy atom. The van der Waals surface area contributed by atoms with Crippen molar-refractivity contribution >= 4 is 22.5 Å². The molecule has 8 nitrogen and oxygen atoms in total. The summed E-state index contributed by atoms with van der Waals surface area (Å²) in [6, 6.07) is 16.8. The van der Waals surface area contributed by atoms with E-state index in [4.69, 9.17) is 10.5 Å². The third-order valence-corrected chi connectivity index (χ3v) is 7.60. The summed E-state index contributed by atoms with van der Waals surface area (Å²) in [5, 5.41) is 2.75. The van der Waals surface area contributed by atoms with Gasteiger partial charge in [-0.05, 0) is 54.7 Å². The van der Waals surface area contributed by atoms with Gasteiger partial charge in [-0.3, -0.25) is 9.59 Å². The molecule has 9 heteroatoms. The van der Waals surface area contributed by atoms with Crippen LogP contribution >= 0.6 is 0 Å². The number of nitrogens with zero attached hydrogens (tertiary/aromatic N) is 3. The Morgan fingerprint density at radius 3 is 2.55 bits per heavy atom. The molecule has 3 heterocycles. The summed E-state index contributed by atoms with van der Waals surface area (Å²) < 4.78 is 24.1. The number of allylic oxidation sites excluding steroid dienone is 3. The lowest BCUT2D eigenvalue weighted by Gasteiger charge is -2.36. The Labute approximate surface area is 242 Å². The standard InChI is InChI=1S/C33H30FN5O3/c1-3-7-23(12-13-35)36-33(41)25-20-39-27-18-22(21-8-5-4-6-9-21)10-11-28(27)42-32-29(39)24(31(25)40)19-26(34)30(32)38-16-14-37(2)15-17-38/h3-13,18-20H,1,14-17,35H2,2H3,(H,36,41)/b13-12-,23-7+. The van der Waals surface area contributed by atoms with E-state index in [1.54, 1.807) is 10.6 Å². The first-order chi connectivity index (χ1) is 20.4. The van der Waals surface area contributed by atoms with Crippen molar-refractivity contribution in [3.63, 3.8) is 0 Å². The normalized spacial score (nSPS) is 15.0. The van der Waals surface area contributed by atoms with Gasteiger partial charge in [-0.1, -0.05) is 49.1 Å². The van der Waals surface area contributed by atoms with Crippen molar-refractivity contribution in [2.45, 2.75) is 0 Å². The largest absolute Gasteiger partial charge is 0.451 e. The number of anilines is 1. The number of rotatable bonds is 6. The quantitative estimate of drug-likeness (QED) is 0.285. The zero-order chi connectivity index (χ0) is 29.4. The van der Waals surface area contributed by atoms with Crippen LogP contribution in [0.15, 0.2) is 102 Å². The third kappa shape index (κ3) is 4.73. The van der Waals surface area contributed by atoms with Crippen LogP contribution in [0.3, 0.4) is 0 Å². The molecule has 0 bridgehead atoms. The van der Waals surface area contributed by atoms with E-state index in [-0.39, 0.29) is 16.7 Å². The number of halogens is 1. The lowest BCUT2D eigenvalue weighted by Crippen LogP contribution is -2.45. The summed E-state index contributed by atoms with van der Waals surface area (Å²) in [6.45, 7) is 6.39. The van der Waals surface area contributed by atoms with E-state index in [1.165, 1.54) is 30.6 Å². The van der Waals surface area contributed by atoms with Gasteiger partial charge >= 0.3 is 0 Å². The van der Waals surface area contributed by atoms with Crippen LogP contribution in [0, 0.1) is 5.82 Å². The third-order valence-electron chi connectivity index (χ3n) is 7.60. The molecule has 0 atom stereocenters. The average molecular weight is 564 g/mol. The minimum Gasteiger partial charge on any atom is -0.451 e. The van der Waals surface area contributed by atoms with Gasteiger partial charge in [-0.2, -0.15) is 0 Å². The minimum absolute atomic E-state index is 0.0485. The molecular weight excluding hydrogens is 533 g/mol. The molecule has 0 aliphatic carbocycles. The molecule has 0 unspecified atom stereocenters. The van der Waals surface area contributed by atoms with Crippen LogP contribution < -0.4 is 26.1 Å². The molecule has 1 amide bonds. The maximum Gasteiger partial charge on any atom is 0.261 e. The minimum atomic E-state index is -0.658. The van der Waals surface area contributed by atoms with Crippen LogP contribution in [0.2, 0.25) is 0 Å². The molecule has 1 saturated heterocycles. The van der Waals surface area contributed by atoms with Crippen LogP contribution in [-0.2, 0) is 0 Å². The fourth-order valence-electron chi connectivity index (χ4n) is 5.47. The molecule has 3 N–H and O–H groups in total. The smallest absolute Gasteiger partial charge is 0.261 e. The van der Waals surface area contributed by atoms with Gasteiger partial charge in [0.1, 0.15) is 16.8 Å². The van der Waals surface area contributed by atoms with Crippen LogP contribution in [-0.4, -0.2) is 48.6 Å². The van der Waals surface area contributed by atoms with E-state index in [1.807, 2.05) is 60.5 Å². The molecule has 2 aliphatic rings. The maximum absolute atomic E-state index is 16.0. The predicted octanol–water partition coefficient (Wildman–Crippen LogP) is 4.93. The highest BCUT2D eigenvalue weighted by molar-refractivity contribution is 6.02. The molecule has 4 aromatic rings. The van der Waals surface area contributed by atoms with Gasteiger partial charge in [0, 0.05) is 38.1 Å². The lowest BCUT2D eigenvalue weighted by molar-refractivity contribution is 0.0965. The monoisotopic (exact) mass is 563 g/mol. The summed E-state index contributed by atoms with van der Waals surface area (Å²) in [5.41, 5.74) is 8.38. The second-order valence-corrected chi connectivity index (χ2v) is 10.3. The Bertz CT molecular complexity index is 1840. The SMILES string of the molecule is C=C/C=C(\C=C/N)NC(=O)c1cn2c3c(c(N4CCN(C)CC4)c(F)cc3c1=O)Oc1ccc(-c3ccccc3)cc1-2. The number of carbonyl (C=O) groups excluding carboxylic acids is 1. The van der Waals surface area contributed by atoms with Gasteiger partial charge in [0.25, 0.3) is 5.91 Å². The molecule has 1 fully saturated rings. The molecule has 2 aliphatic heterocycles. The zero-order valence-corrected chi connectivity index (χ0v) is 23.1. The van der Waals surface area contributed by atoms with Gasteiger partial charge in [0.05, 0.1) is 11.1 Å². The summed E-state index contributed by atoms with van der Waals surface area (Å²) in [5.74, 6) is -0.491. The van der Waals surface area contributed by atoms with Crippen LogP contribution in [0.25, 0.3) is 27.7 Å². The first kappa shape index (κ1) is 27.0. The summed E-state index contributed by atoms with van der Waals surface area (Å²) in [4.78, 5) is 31.4. The van der Waals surface area contributed by atoms with Crippen molar-refractivity contribution in [2.75, 3.05) is 38.1 Å². The topological polar surface area (TPSA) is 92.8 Å². The number of aromatic nitrogens is 1. The van der Waals surface area contributed by atoms with Gasteiger partial charge in [-0.25, -0.2) is 4.39 Å². The van der Waals surface area contributed by atoms with Crippen molar-refractivity contribution in [2.24, 2.45) is 5.73 Å². The number of carbonyl (C=O) groups is 1. The number of benzene rings is 3. The van der Waals surface area contributed by atoms with Gasteiger partial charge in [0.2, 0.25) is 5.43 Å². The lowest BCUT2D eigenvalue weighted by atomic mass is 10.0. The molecule has 6 rings (SSSR count). The number of amides is 1. The fraction of sp³-hybridized carbons (Fsp3) is 0.152. The first-order valence-electron chi connectivity index (χ1n) is 13.6. The first-order valence-corrected chi connectivity index (χ1v) is 13.6. The molecular formula is C33H30FN5O3. The number of hydrogen-bond acceptors (Lipinski definition) is 6. The number of piperazine rings is 1. The summed E-state index contributed by atoms with van der Waals surface area (Å²) in [6.07, 6.45) is 7.31. The predicted molar refractivity (Wildman–Crippen MR) is 164 cm³/mol. The molecule has 42 heavy (non-hydrogen) atoms. The molecule has 1 aromatic heterocycles. The van der Waals surface area contributed by atoms with Crippen molar-refractivity contribution in [1.29, 1.82) is 0 Å². The molecule has 212 valence electrons. The number of ether oxygens (including phenoxy) is 1. The number of fused-ring (bicyclic) bond motifs is 2. The number of pyridine rings is 1. The van der Waals surface area contributed by atoms with E-state index in [9.17, 15) is 9.59 Å². The van der Waals surface area contributed by atoms with E-state index >= 15 is 4.39 Å². The number of hydrogen-bond donors (Lipinski definition) is 2. The average Bonchev–Trinajstić information content (AvgIpc) is 2.99. The van der Waals surface area contributed by atoms with Crippen molar-refractivity contribution in [3.05, 3.63) is 119 Å². The number of nitrogens with two attached hydrogens (primary N) is 1. The Morgan fingerprint density at radius 1 is 1.07 bits per heavy atom. The number of nitrogens with one attached hydrogen (secondary N) is 1. The zero-order valence-electron chi connectivity index (χ0n) is 23.1. The molecule has 0 saturated carbocycles. The Hall–Kier alpha value is -5.15. The fourth-order valence-corrected chi connectivity index (χ4v) is 5.47. The second-order valence-electron chi connectivity index (χ2n) is 10.3. The van der Waals surface area contributed by atoms with Gasteiger partial charge in [0.15, 0.2) is 17.3 Å². The van der Waals surface area contributed by atoms with E-state index in [2.05, 4.69) is 16.8 Å². The van der Waals surface area contributed by atoms with Gasteiger partial charge in [-0.15, -0.1) is 0 Å². The molecule has 0 spiro atoms. The summed E-state index contributed by atoms with van der Waals surface area (Å²) in [7, 11) is 2.03. The molecule has 0 radical (unpaired) electrons. The summed E-state index contributed by atoms with van der Waals surface area (Å²) >= 11 is 0. The maximum atomic E-state index is 16.0. The highest BCUT2D eigenvalue weighted by Crippen LogP contribution is 2.47. The highest BCUT2D eigenvalue weighted by Gasteiger charge is 2.31. The Balaban J connectivity index is 1.59. The van der Waals surface area contributed by atoms with Crippen molar-refractivity contribution < 1.29 is 13.9 Å². The molecule has 3 aromatic carbocycles. The van der Waals surface area contributed by atoms with E-state index in [0.29, 0.717) is 41.4 Å². The Kier molecular flexibility index (Phi) is 7.10. The van der Waals surface area contributed by atoms with Crippen LogP contribution in [0.5, 0.6) is 11.5 Å². The van der Waals surface area contributed by atoms with Crippen LogP contribution in [0.4, 0.5) is 10.1 Å². The van der Waals surface area contributed by atoms with E-state index < -0.39 is 17.2 Å². The second kappa shape index (κ2) is 11.0. The van der Waals surface area contributed by atoms with E-state index in [0.717, 1.165) is 24.2 Å². The number of likely N-dealkylation sites (N-methyl/N-ethyl adjacent to an activating group) is 1.